The van der Waals surface area contributed by atoms with Gasteiger partial charge in [-0.3, -0.25) is 0 Å². The summed E-state index contributed by atoms with van der Waals surface area (Å²) in [6, 6.07) is 6.72. The third-order valence-corrected chi connectivity index (χ3v) is 2.58. The van der Waals surface area contributed by atoms with Gasteiger partial charge in [0, 0.05) is 5.56 Å². The lowest BCUT2D eigenvalue weighted by atomic mass is 10.1. The van der Waals surface area contributed by atoms with Gasteiger partial charge in [-0.2, -0.15) is 0 Å². The molecule has 2 rings (SSSR count). The number of aliphatic carboxylic acids is 2. The number of carboxylic acids is 2. The number of carboxylic acid groups (broad SMARTS) is 2. The summed E-state index contributed by atoms with van der Waals surface area (Å²) in [6.45, 7) is 1.00. The molecule has 1 fully saturated rings. The van der Waals surface area contributed by atoms with Crippen LogP contribution in [0.5, 0.6) is 0 Å². The molecule has 1 aliphatic rings. The van der Waals surface area contributed by atoms with Gasteiger partial charge in [0.25, 0.3) is 0 Å². The highest BCUT2D eigenvalue weighted by Gasteiger charge is 2.19. The van der Waals surface area contributed by atoms with Crippen molar-refractivity contribution in [1.29, 1.82) is 0 Å². The predicted molar refractivity (Wildman–Crippen MR) is 64.3 cm³/mol. The molecule has 0 bridgehead atoms. The van der Waals surface area contributed by atoms with E-state index in [0.29, 0.717) is 18.8 Å². The van der Waals surface area contributed by atoms with Crippen LogP contribution in [0.3, 0.4) is 0 Å². The molecule has 0 saturated carbocycles. The van der Waals surface area contributed by atoms with E-state index >= 15 is 0 Å². The van der Waals surface area contributed by atoms with E-state index in [1.807, 2.05) is 0 Å². The fourth-order valence-electron chi connectivity index (χ4n) is 1.73. The minimum Gasteiger partial charge on any atom is -0.477 e. The molecule has 1 saturated heterocycles. The van der Waals surface area contributed by atoms with Crippen molar-refractivity contribution >= 4 is 18.0 Å². The molecule has 6 heteroatoms. The quantitative estimate of drug-likeness (QED) is 0.483. The Balaban J connectivity index is 2.29. The molecule has 100 valence electrons. The van der Waals surface area contributed by atoms with E-state index in [1.54, 1.807) is 24.3 Å². The molecule has 0 atom stereocenters. The third-order valence-electron chi connectivity index (χ3n) is 2.58. The summed E-state index contributed by atoms with van der Waals surface area (Å²) in [6.07, 6.45) is 0.620. The monoisotopic (exact) mass is 264 g/mol. The Morgan fingerprint density at radius 3 is 2.37 bits per heavy atom. The van der Waals surface area contributed by atoms with Gasteiger partial charge in [0.05, 0.1) is 13.2 Å². The molecule has 0 unspecified atom stereocenters. The second kappa shape index (κ2) is 5.64. The number of carbonyl (C=O) groups is 2. The van der Waals surface area contributed by atoms with Crippen molar-refractivity contribution < 1.29 is 29.3 Å². The molecule has 0 aliphatic carbocycles. The Labute approximate surface area is 108 Å². The Kier molecular flexibility index (Phi) is 3.94. The van der Waals surface area contributed by atoms with Gasteiger partial charge in [0.15, 0.2) is 6.29 Å². The molecule has 2 N–H and O–H groups in total. The van der Waals surface area contributed by atoms with E-state index in [0.717, 1.165) is 11.6 Å². The fourth-order valence-corrected chi connectivity index (χ4v) is 1.73. The molecule has 0 spiro atoms. The zero-order chi connectivity index (χ0) is 13.8. The lowest BCUT2D eigenvalue weighted by molar-refractivity contribution is -0.140. The second-order valence-corrected chi connectivity index (χ2v) is 3.91. The minimum atomic E-state index is -1.48. The molecule has 19 heavy (non-hydrogen) atoms. The smallest absolute Gasteiger partial charge is 0.343 e. The largest absolute Gasteiger partial charge is 0.477 e. The first kappa shape index (κ1) is 13.3. The third kappa shape index (κ3) is 3.18. The first-order valence-electron chi connectivity index (χ1n) is 5.59. The highest BCUT2D eigenvalue weighted by atomic mass is 16.7. The van der Waals surface area contributed by atoms with Gasteiger partial charge in [0.1, 0.15) is 5.57 Å². The average Bonchev–Trinajstić information content (AvgIpc) is 2.89. The predicted octanol–water partition coefficient (Wildman–Crippen LogP) is 1.28. The van der Waals surface area contributed by atoms with Crippen LogP contribution in [0.4, 0.5) is 0 Å². The Morgan fingerprint density at radius 1 is 1.16 bits per heavy atom. The van der Waals surface area contributed by atoms with Gasteiger partial charge < -0.3 is 19.7 Å². The van der Waals surface area contributed by atoms with Crippen molar-refractivity contribution in [3.05, 3.63) is 41.0 Å². The molecule has 0 amide bonds. The van der Waals surface area contributed by atoms with Crippen LogP contribution in [-0.2, 0) is 19.1 Å². The van der Waals surface area contributed by atoms with E-state index in [2.05, 4.69) is 0 Å². The van der Waals surface area contributed by atoms with Crippen molar-refractivity contribution in [3.8, 4) is 0 Å². The van der Waals surface area contributed by atoms with Gasteiger partial charge in [0.2, 0.25) is 0 Å². The second-order valence-electron chi connectivity index (χ2n) is 3.91. The first-order chi connectivity index (χ1) is 9.08. The van der Waals surface area contributed by atoms with Crippen molar-refractivity contribution in [3.63, 3.8) is 0 Å². The maximum atomic E-state index is 10.8. The van der Waals surface area contributed by atoms with Crippen molar-refractivity contribution in [1.82, 2.24) is 0 Å². The van der Waals surface area contributed by atoms with Gasteiger partial charge in [-0.25, -0.2) is 9.59 Å². The number of hydrogen-bond donors (Lipinski definition) is 2. The summed E-state index contributed by atoms with van der Waals surface area (Å²) in [5.41, 5.74) is 0.503. The Morgan fingerprint density at radius 2 is 1.79 bits per heavy atom. The molecule has 1 aliphatic heterocycles. The van der Waals surface area contributed by atoms with E-state index in [4.69, 9.17) is 19.7 Å². The van der Waals surface area contributed by atoms with Crippen LogP contribution in [0.25, 0.3) is 6.08 Å². The highest BCUT2D eigenvalue weighted by molar-refractivity contribution is 6.16. The summed E-state index contributed by atoms with van der Waals surface area (Å²) >= 11 is 0. The van der Waals surface area contributed by atoms with Crippen LogP contribution in [0.2, 0.25) is 0 Å². The zero-order valence-corrected chi connectivity index (χ0v) is 9.91. The number of rotatable bonds is 4. The zero-order valence-electron chi connectivity index (χ0n) is 9.91. The van der Waals surface area contributed by atoms with Crippen LogP contribution in [0.1, 0.15) is 17.4 Å². The van der Waals surface area contributed by atoms with Gasteiger partial charge in [-0.1, -0.05) is 18.2 Å². The molecule has 1 aromatic carbocycles. The van der Waals surface area contributed by atoms with Crippen molar-refractivity contribution in [2.24, 2.45) is 0 Å². The van der Waals surface area contributed by atoms with Gasteiger partial charge >= 0.3 is 11.9 Å². The SMILES string of the molecule is O=C(O)C(=Cc1cccc(C2OCCO2)c1)C(=O)O. The molecule has 0 aromatic heterocycles. The molecular weight excluding hydrogens is 252 g/mol. The summed E-state index contributed by atoms with van der Waals surface area (Å²) in [5.74, 6) is -2.96. The molecule has 6 nitrogen and oxygen atoms in total. The van der Waals surface area contributed by atoms with Gasteiger partial charge in [-0.05, 0) is 17.7 Å². The molecule has 0 radical (unpaired) electrons. The Hall–Kier alpha value is -2.18. The van der Waals surface area contributed by atoms with Crippen molar-refractivity contribution in [2.75, 3.05) is 13.2 Å². The first-order valence-corrected chi connectivity index (χ1v) is 5.59. The standard InChI is InChI=1S/C13H12O6/c14-11(15)10(12(16)17)7-8-2-1-3-9(6-8)13-18-4-5-19-13/h1-3,6-7,13H,4-5H2,(H,14,15)(H,16,17). The minimum absolute atomic E-state index is 0.469. The normalized spacial score (nSPS) is 15.2. The van der Waals surface area contributed by atoms with E-state index in [1.165, 1.54) is 0 Å². The van der Waals surface area contributed by atoms with E-state index < -0.39 is 23.8 Å². The summed E-state index contributed by atoms with van der Waals surface area (Å²) in [4.78, 5) is 21.6. The number of hydrogen-bond acceptors (Lipinski definition) is 4. The molecule has 1 heterocycles. The lowest BCUT2D eigenvalue weighted by Crippen LogP contribution is -2.10. The lowest BCUT2D eigenvalue weighted by Gasteiger charge is -2.09. The molecule has 1 aromatic rings. The van der Waals surface area contributed by atoms with Crippen LogP contribution < -0.4 is 0 Å². The molecular formula is C13H12O6. The van der Waals surface area contributed by atoms with Crippen LogP contribution in [0, 0.1) is 0 Å². The maximum Gasteiger partial charge on any atom is 0.343 e. The van der Waals surface area contributed by atoms with Gasteiger partial charge in [-0.15, -0.1) is 0 Å². The summed E-state index contributed by atoms with van der Waals surface area (Å²) in [7, 11) is 0. The Bertz CT molecular complexity index is 512. The van der Waals surface area contributed by atoms with E-state index in [9.17, 15) is 9.59 Å². The van der Waals surface area contributed by atoms with Crippen molar-refractivity contribution in [2.45, 2.75) is 6.29 Å². The van der Waals surface area contributed by atoms with Crippen LogP contribution >= 0.6 is 0 Å². The van der Waals surface area contributed by atoms with Crippen LogP contribution in [-0.4, -0.2) is 35.4 Å². The average molecular weight is 264 g/mol. The van der Waals surface area contributed by atoms with E-state index in [-0.39, 0.29) is 0 Å². The topological polar surface area (TPSA) is 93.1 Å². The summed E-state index contributed by atoms with van der Waals surface area (Å²) < 4.78 is 10.6. The summed E-state index contributed by atoms with van der Waals surface area (Å²) in [5, 5.41) is 17.6. The number of ether oxygens (including phenoxy) is 2. The number of benzene rings is 1. The highest BCUT2D eigenvalue weighted by Crippen LogP contribution is 2.24. The maximum absolute atomic E-state index is 10.8. The van der Waals surface area contributed by atoms with Crippen LogP contribution in [0.15, 0.2) is 29.8 Å². The fraction of sp³-hybridized carbons (Fsp3) is 0.231.